The molecular weight excluding hydrogens is 364 g/mol. The quantitative estimate of drug-likeness (QED) is 0.230. The van der Waals surface area contributed by atoms with Crippen molar-refractivity contribution in [2.45, 2.75) is 123 Å². The second kappa shape index (κ2) is 14.8. The Hall–Kier alpha value is -1.10. The minimum absolute atomic E-state index is 0.00355. The largest absolute Gasteiger partial charge is 0.477 e. The standard InChI is InChI=1S/C24H48N2O3/c1-7-9-10-11-12-13-14-15-16-17-18-19-22(27)25-21(8-2)20-26(5,6)24(3,4)23(28)29/h21H,7-20H2,1-6H3,(H-,25,27,28,29)/p+1. The van der Waals surface area contributed by atoms with Gasteiger partial charge in [-0.1, -0.05) is 78.1 Å². The number of rotatable bonds is 18. The lowest BCUT2D eigenvalue weighted by molar-refractivity contribution is -0.929. The minimum atomic E-state index is -0.895. The average Bonchev–Trinajstić information content (AvgIpc) is 2.65. The highest BCUT2D eigenvalue weighted by Gasteiger charge is 2.44. The fourth-order valence-electron chi connectivity index (χ4n) is 3.56. The molecule has 0 fully saturated rings. The van der Waals surface area contributed by atoms with Gasteiger partial charge in [0.2, 0.25) is 5.91 Å². The molecular formula is C24H49N2O3+. The Morgan fingerprint density at radius 3 is 1.72 bits per heavy atom. The molecule has 0 radical (unpaired) electrons. The number of nitrogens with zero attached hydrogens (tertiary/aromatic N) is 1. The van der Waals surface area contributed by atoms with E-state index in [-0.39, 0.29) is 11.9 Å². The second-order valence-corrected chi connectivity index (χ2v) is 9.69. The molecule has 5 heteroatoms. The first kappa shape index (κ1) is 27.9. The molecule has 0 rings (SSSR count). The maximum Gasteiger partial charge on any atom is 0.365 e. The molecule has 0 saturated heterocycles. The summed E-state index contributed by atoms with van der Waals surface area (Å²) >= 11 is 0. The normalized spacial score (nSPS) is 13.3. The molecule has 0 aromatic carbocycles. The van der Waals surface area contributed by atoms with Crippen LogP contribution in [0, 0.1) is 0 Å². The van der Waals surface area contributed by atoms with Gasteiger partial charge in [0, 0.05) is 20.3 Å². The van der Waals surface area contributed by atoms with E-state index in [0.717, 1.165) is 19.3 Å². The van der Waals surface area contributed by atoms with E-state index >= 15 is 0 Å². The van der Waals surface area contributed by atoms with Crippen LogP contribution in [0.25, 0.3) is 0 Å². The van der Waals surface area contributed by atoms with Crippen LogP contribution in [-0.2, 0) is 9.59 Å². The van der Waals surface area contributed by atoms with Gasteiger partial charge in [0.25, 0.3) is 0 Å². The number of amides is 1. The first-order chi connectivity index (χ1) is 13.6. The van der Waals surface area contributed by atoms with Crippen molar-refractivity contribution >= 4 is 11.9 Å². The molecule has 0 aliphatic carbocycles. The number of aliphatic carboxylic acids is 1. The number of likely N-dealkylation sites (N-methyl/N-ethyl adjacent to an activating group) is 1. The molecule has 0 saturated carbocycles. The van der Waals surface area contributed by atoms with Gasteiger partial charge in [-0.15, -0.1) is 0 Å². The molecule has 0 heterocycles. The lowest BCUT2D eigenvalue weighted by atomic mass is 9.99. The van der Waals surface area contributed by atoms with Crippen LogP contribution in [0.4, 0.5) is 0 Å². The van der Waals surface area contributed by atoms with E-state index in [1.165, 1.54) is 57.8 Å². The SMILES string of the molecule is CCCCCCCCCCCCCC(=O)NC(CC)C[N+](C)(C)C(C)(C)C(=O)O. The summed E-state index contributed by atoms with van der Waals surface area (Å²) in [5, 5.41) is 12.6. The third-order valence-electron chi connectivity index (χ3n) is 6.58. The predicted octanol–water partition coefficient (Wildman–Crippen LogP) is 5.52. The van der Waals surface area contributed by atoms with Crippen molar-refractivity contribution in [3.8, 4) is 0 Å². The Bertz CT molecular complexity index is 461. The summed E-state index contributed by atoms with van der Waals surface area (Å²) in [6.45, 7) is 8.40. The molecule has 1 atom stereocenters. The summed E-state index contributed by atoms with van der Waals surface area (Å²) in [4.78, 5) is 23.9. The van der Waals surface area contributed by atoms with Crippen molar-refractivity contribution in [2.24, 2.45) is 0 Å². The first-order valence-corrected chi connectivity index (χ1v) is 11.9. The van der Waals surface area contributed by atoms with Gasteiger partial charge in [-0.25, -0.2) is 4.79 Å². The number of carbonyl (C=O) groups is 2. The van der Waals surface area contributed by atoms with Crippen LogP contribution in [0.3, 0.4) is 0 Å². The number of carboxylic acids is 1. The molecule has 1 unspecified atom stereocenters. The molecule has 0 aliphatic heterocycles. The van der Waals surface area contributed by atoms with Crippen LogP contribution >= 0.6 is 0 Å². The van der Waals surface area contributed by atoms with Gasteiger partial charge in [-0.3, -0.25) is 4.79 Å². The van der Waals surface area contributed by atoms with Gasteiger partial charge >= 0.3 is 5.97 Å². The summed E-state index contributed by atoms with van der Waals surface area (Å²) in [5.41, 5.74) is -0.895. The first-order valence-electron chi connectivity index (χ1n) is 11.9. The smallest absolute Gasteiger partial charge is 0.365 e. The summed E-state index contributed by atoms with van der Waals surface area (Å²) in [6.07, 6.45) is 15.4. The highest BCUT2D eigenvalue weighted by atomic mass is 16.4. The van der Waals surface area contributed by atoms with Gasteiger partial charge in [0.1, 0.15) is 0 Å². The highest BCUT2D eigenvalue weighted by Crippen LogP contribution is 2.21. The van der Waals surface area contributed by atoms with Crippen LogP contribution in [0.5, 0.6) is 0 Å². The zero-order chi connectivity index (χ0) is 22.3. The number of unbranched alkanes of at least 4 members (excludes halogenated alkanes) is 10. The fraction of sp³-hybridized carbons (Fsp3) is 0.917. The topological polar surface area (TPSA) is 66.4 Å². The number of hydrogen-bond acceptors (Lipinski definition) is 2. The third-order valence-corrected chi connectivity index (χ3v) is 6.58. The van der Waals surface area contributed by atoms with E-state index < -0.39 is 11.5 Å². The molecule has 5 nitrogen and oxygen atoms in total. The average molecular weight is 414 g/mol. The Kier molecular flexibility index (Phi) is 14.3. The van der Waals surface area contributed by atoms with Crippen LogP contribution in [0.1, 0.15) is 111 Å². The number of hydrogen-bond donors (Lipinski definition) is 2. The Labute approximate surface area is 180 Å². The Morgan fingerprint density at radius 2 is 1.31 bits per heavy atom. The van der Waals surface area contributed by atoms with Gasteiger partial charge in [0.05, 0.1) is 26.7 Å². The maximum atomic E-state index is 12.3. The van der Waals surface area contributed by atoms with Crippen LogP contribution < -0.4 is 5.32 Å². The van der Waals surface area contributed by atoms with Crippen molar-refractivity contribution in [3.05, 3.63) is 0 Å². The van der Waals surface area contributed by atoms with Crippen LogP contribution in [0.2, 0.25) is 0 Å². The highest BCUT2D eigenvalue weighted by molar-refractivity contribution is 5.76. The molecule has 1 amide bonds. The molecule has 172 valence electrons. The van der Waals surface area contributed by atoms with Gasteiger partial charge in [0.15, 0.2) is 5.54 Å². The summed E-state index contributed by atoms with van der Waals surface area (Å²) in [7, 11) is 3.85. The summed E-state index contributed by atoms with van der Waals surface area (Å²) in [6, 6.07) is 0.00355. The Balaban J connectivity index is 3.98. The lowest BCUT2D eigenvalue weighted by Gasteiger charge is -2.43. The second-order valence-electron chi connectivity index (χ2n) is 9.69. The van der Waals surface area contributed by atoms with E-state index in [9.17, 15) is 14.7 Å². The molecule has 29 heavy (non-hydrogen) atoms. The van der Waals surface area contributed by atoms with Crippen LogP contribution in [-0.4, -0.2) is 53.7 Å². The summed E-state index contributed by atoms with van der Waals surface area (Å²) < 4.78 is 0.333. The predicted molar refractivity (Wildman–Crippen MR) is 122 cm³/mol. The van der Waals surface area contributed by atoms with Gasteiger partial charge in [-0.05, 0) is 12.8 Å². The molecule has 0 bridgehead atoms. The number of carboxylic acid groups (broad SMARTS) is 1. The molecule has 0 aromatic rings. The summed E-state index contributed by atoms with van der Waals surface area (Å²) in [5.74, 6) is -0.717. The number of carbonyl (C=O) groups excluding carboxylic acids is 1. The van der Waals surface area contributed by atoms with Gasteiger partial charge in [-0.2, -0.15) is 0 Å². The molecule has 2 N–H and O–H groups in total. The van der Waals surface area contributed by atoms with Crippen LogP contribution in [0.15, 0.2) is 0 Å². The van der Waals surface area contributed by atoms with E-state index in [0.29, 0.717) is 17.4 Å². The van der Waals surface area contributed by atoms with Crippen molar-refractivity contribution in [1.82, 2.24) is 5.32 Å². The van der Waals surface area contributed by atoms with E-state index in [2.05, 4.69) is 12.2 Å². The van der Waals surface area contributed by atoms with E-state index in [1.54, 1.807) is 13.8 Å². The van der Waals surface area contributed by atoms with Crippen molar-refractivity contribution in [2.75, 3.05) is 20.6 Å². The molecule has 0 aromatic heterocycles. The zero-order valence-electron chi connectivity index (χ0n) is 20.2. The van der Waals surface area contributed by atoms with E-state index in [4.69, 9.17) is 0 Å². The lowest BCUT2D eigenvalue weighted by Crippen LogP contribution is -2.64. The van der Waals surface area contributed by atoms with E-state index in [1.807, 2.05) is 21.0 Å². The third kappa shape index (κ3) is 11.6. The zero-order valence-corrected chi connectivity index (χ0v) is 20.2. The Morgan fingerprint density at radius 1 is 0.862 bits per heavy atom. The monoisotopic (exact) mass is 413 g/mol. The van der Waals surface area contributed by atoms with Crippen molar-refractivity contribution < 1.29 is 19.2 Å². The molecule has 0 spiro atoms. The van der Waals surface area contributed by atoms with Gasteiger partial charge < -0.3 is 14.9 Å². The number of quaternary nitrogens is 1. The minimum Gasteiger partial charge on any atom is -0.477 e. The maximum absolute atomic E-state index is 12.3. The molecule has 0 aliphatic rings. The van der Waals surface area contributed by atoms with Crippen molar-refractivity contribution in [3.63, 3.8) is 0 Å². The fourth-order valence-corrected chi connectivity index (χ4v) is 3.56. The van der Waals surface area contributed by atoms with Crippen molar-refractivity contribution in [1.29, 1.82) is 0 Å². The number of nitrogens with one attached hydrogen (secondary N) is 1.